The molecule has 0 aliphatic carbocycles. The normalized spacial score (nSPS) is 15.9. The number of carbonyl (C=O) groups excluding carboxylic acids is 1. The number of amides is 1. The minimum absolute atomic E-state index is 0.236. The van der Waals surface area contributed by atoms with Crippen LogP contribution in [-0.2, 0) is 4.74 Å². The third-order valence-electron chi connectivity index (χ3n) is 4.01. The Morgan fingerprint density at radius 3 is 2.60 bits per heavy atom. The second-order valence-electron chi connectivity index (χ2n) is 7.16. The molecule has 0 unspecified atom stereocenters. The molecule has 1 aliphatic heterocycles. The van der Waals surface area contributed by atoms with E-state index >= 15 is 0 Å². The summed E-state index contributed by atoms with van der Waals surface area (Å²) in [5.74, 6) is 0. The number of rotatable bonds is 3. The number of anilines is 1. The maximum absolute atomic E-state index is 12.1. The average molecular weight is 344 g/mol. The summed E-state index contributed by atoms with van der Waals surface area (Å²) in [6.45, 7) is 7.01. The van der Waals surface area contributed by atoms with Crippen LogP contribution in [0.1, 0.15) is 33.6 Å². The number of hydrogen-bond donors (Lipinski definition) is 1. The second-order valence-corrected chi connectivity index (χ2v) is 7.16. The van der Waals surface area contributed by atoms with Crippen LogP contribution in [0.4, 0.5) is 10.5 Å². The minimum atomic E-state index is -0.461. The van der Waals surface area contributed by atoms with E-state index in [1.807, 2.05) is 45.0 Å². The smallest absolute Gasteiger partial charge is 0.410 e. The van der Waals surface area contributed by atoms with Crippen LogP contribution in [0.3, 0.4) is 0 Å². The van der Waals surface area contributed by atoms with Crippen LogP contribution in [0.25, 0.3) is 5.69 Å². The molecule has 1 amide bonds. The lowest BCUT2D eigenvalue weighted by atomic mass is 10.0. The van der Waals surface area contributed by atoms with Gasteiger partial charge in [0.05, 0.1) is 11.4 Å². The van der Waals surface area contributed by atoms with Crippen LogP contribution in [0.15, 0.2) is 30.6 Å². The fourth-order valence-electron chi connectivity index (χ4n) is 2.82. The van der Waals surface area contributed by atoms with Crippen molar-refractivity contribution in [2.75, 3.05) is 18.4 Å². The number of benzene rings is 1. The highest BCUT2D eigenvalue weighted by molar-refractivity contribution is 5.68. The molecule has 134 valence electrons. The molecular formula is C17H24N6O2. The molecule has 1 aromatic heterocycles. The predicted octanol–water partition coefficient (Wildman–Crippen LogP) is 2.47. The van der Waals surface area contributed by atoms with Crippen molar-refractivity contribution in [3.05, 3.63) is 30.6 Å². The van der Waals surface area contributed by atoms with Gasteiger partial charge in [0.15, 0.2) is 0 Å². The molecule has 1 saturated heterocycles. The van der Waals surface area contributed by atoms with E-state index in [9.17, 15) is 4.79 Å². The Morgan fingerprint density at radius 2 is 1.96 bits per heavy atom. The molecule has 2 heterocycles. The van der Waals surface area contributed by atoms with Crippen molar-refractivity contribution in [3.8, 4) is 5.69 Å². The Morgan fingerprint density at radius 1 is 1.24 bits per heavy atom. The molecule has 1 N–H and O–H groups in total. The van der Waals surface area contributed by atoms with Crippen molar-refractivity contribution in [1.82, 2.24) is 25.1 Å². The van der Waals surface area contributed by atoms with Gasteiger partial charge < -0.3 is 15.0 Å². The Hall–Kier alpha value is -2.64. The van der Waals surface area contributed by atoms with E-state index in [0.29, 0.717) is 13.1 Å². The number of ether oxygens (including phenoxy) is 1. The van der Waals surface area contributed by atoms with Crippen molar-refractivity contribution in [2.24, 2.45) is 0 Å². The van der Waals surface area contributed by atoms with Gasteiger partial charge in [0, 0.05) is 19.1 Å². The SMILES string of the molecule is CC(C)(C)OC(=O)N1CCC(Nc2ccccc2-n2cnnn2)CC1. The quantitative estimate of drug-likeness (QED) is 0.921. The van der Waals surface area contributed by atoms with E-state index in [4.69, 9.17) is 4.74 Å². The summed E-state index contributed by atoms with van der Waals surface area (Å²) in [6, 6.07) is 8.20. The van der Waals surface area contributed by atoms with Crippen LogP contribution >= 0.6 is 0 Å². The fourth-order valence-corrected chi connectivity index (χ4v) is 2.82. The second kappa shape index (κ2) is 7.08. The lowest BCUT2D eigenvalue weighted by Gasteiger charge is -2.34. The summed E-state index contributed by atoms with van der Waals surface area (Å²) in [5.41, 5.74) is 1.42. The highest BCUT2D eigenvalue weighted by atomic mass is 16.6. The Bertz CT molecular complexity index is 702. The van der Waals surface area contributed by atoms with Gasteiger partial charge in [-0.3, -0.25) is 0 Å². The number of para-hydroxylation sites is 2. The molecule has 8 heteroatoms. The Labute approximate surface area is 147 Å². The van der Waals surface area contributed by atoms with E-state index in [-0.39, 0.29) is 12.1 Å². The van der Waals surface area contributed by atoms with Crippen LogP contribution < -0.4 is 5.32 Å². The minimum Gasteiger partial charge on any atom is -0.444 e. The van der Waals surface area contributed by atoms with E-state index in [0.717, 1.165) is 24.2 Å². The zero-order valence-electron chi connectivity index (χ0n) is 14.8. The number of likely N-dealkylation sites (tertiary alicyclic amines) is 1. The van der Waals surface area contributed by atoms with Gasteiger partial charge in [-0.1, -0.05) is 12.1 Å². The summed E-state index contributed by atoms with van der Waals surface area (Å²) in [6.07, 6.45) is 3.07. The first-order valence-corrected chi connectivity index (χ1v) is 8.49. The molecule has 1 fully saturated rings. The third kappa shape index (κ3) is 4.46. The van der Waals surface area contributed by atoms with Gasteiger partial charge in [0.2, 0.25) is 0 Å². The first-order valence-electron chi connectivity index (χ1n) is 8.49. The number of tetrazole rings is 1. The number of nitrogens with zero attached hydrogens (tertiary/aromatic N) is 5. The molecule has 0 spiro atoms. The fraction of sp³-hybridized carbons (Fsp3) is 0.529. The van der Waals surface area contributed by atoms with E-state index < -0.39 is 5.60 Å². The maximum atomic E-state index is 12.1. The molecule has 8 nitrogen and oxygen atoms in total. The van der Waals surface area contributed by atoms with Crippen LogP contribution in [0.5, 0.6) is 0 Å². The molecule has 0 atom stereocenters. The first kappa shape index (κ1) is 17.2. The van der Waals surface area contributed by atoms with Crippen molar-refractivity contribution in [3.63, 3.8) is 0 Å². The zero-order chi connectivity index (χ0) is 17.9. The highest BCUT2D eigenvalue weighted by Gasteiger charge is 2.27. The number of piperidine rings is 1. The summed E-state index contributed by atoms with van der Waals surface area (Å²) in [7, 11) is 0. The molecule has 25 heavy (non-hydrogen) atoms. The summed E-state index contributed by atoms with van der Waals surface area (Å²) >= 11 is 0. The Kier molecular flexibility index (Phi) is 4.87. The van der Waals surface area contributed by atoms with Gasteiger partial charge in [-0.25, -0.2) is 4.79 Å². The number of aromatic nitrogens is 4. The molecule has 2 aromatic rings. The van der Waals surface area contributed by atoms with Gasteiger partial charge >= 0.3 is 6.09 Å². The number of nitrogens with one attached hydrogen (secondary N) is 1. The first-order chi connectivity index (χ1) is 11.9. The molecule has 1 aliphatic rings. The Balaban J connectivity index is 1.59. The van der Waals surface area contributed by atoms with Gasteiger partial charge in [-0.2, -0.15) is 4.68 Å². The summed E-state index contributed by atoms with van der Waals surface area (Å²) in [4.78, 5) is 13.9. The average Bonchev–Trinajstić information content (AvgIpc) is 3.09. The lowest BCUT2D eigenvalue weighted by molar-refractivity contribution is 0.0210. The van der Waals surface area contributed by atoms with Crippen molar-refractivity contribution >= 4 is 11.8 Å². The van der Waals surface area contributed by atoms with Crippen molar-refractivity contribution in [2.45, 2.75) is 45.3 Å². The predicted molar refractivity (Wildman–Crippen MR) is 93.6 cm³/mol. The van der Waals surface area contributed by atoms with Gasteiger partial charge in [0.1, 0.15) is 11.9 Å². The molecular weight excluding hydrogens is 320 g/mol. The molecule has 0 radical (unpaired) electrons. The highest BCUT2D eigenvalue weighted by Crippen LogP contribution is 2.23. The van der Waals surface area contributed by atoms with Crippen LogP contribution in [0.2, 0.25) is 0 Å². The zero-order valence-corrected chi connectivity index (χ0v) is 14.8. The largest absolute Gasteiger partial charge is 0.444 e. The topological polar surface area (TPSA) is 85.2 Å². The molecule has 0 saturated carbocycles. The van der Waals surface area contributed by atoms with Crippen molar-refractivity contribution < 1.29 is 9.53 Å². The molecule has 1 aromatic carbocycles. The van der Waals surface area contributed by atoms with E-state index in [1.54, 1.807) is 15.9 Å². The van der Waals surface area contributed by atoms with E-state index in [1.165, 1.54) is 0 Å². The van der Waals surface area contributed by atoms with Gasteiger partial charge in [-0.15, -0.1) is 5.10 Å². The lowest BCUT2D eigenvalue weighted by Crippen LogP contribution is -2.44. The monoisotopic (exact) mass is 344 g/mol. The van der Waals surface area contributed by atoms with Crippen LogP contribution in [0, 0.1) is 0 Å². The van der Waals surface area contributed by atoms with E-state index in [2.05, 4.69) is 20.8 Å². The summed E-state index contributed by atoms with van der Waals surface area (Å²) in [5, 5.41) is 14.9. The summed E-state index contributed by atoms with van der Waals surface area (Å²) < 4.78 is 7.08. The molecule has 0 bridgehead atoms. The number of hydrogen-bond acceptors (Lipinski definition) is 6. The standard InChI is InChI=1S/C17H24N6O2/c1-17(2,3)25-16(24)22-10-8-13(9-11-22)19-14-6-4-5-7-15(14)23-12-18-20-21-23/h4-7,12-13,19H,8-11H2,1-3H3. The van der Waals surface area contributed by atoms with Gasteiger partial charge in [0.25, 0.3) is 0 Å². The maximum Gasteiger partial charge on any atom is 0.410 e. The third-order valence-corrected chi connectivity index (χ3v) is 4.01. The van der Waals surface area contributed by atoms with Crippen LogP contribution in [-0.4, -0.2) is 55.9 Å². The molecule has 3 rings (SSSR count). The van der Waals surface area contributed by atoms with Crippen molar-refractivity contribution in [1.29, 1.82) is 0 Å². The number of carbonyl (C=O) groups is 1. The van der Waals surface area contributed by atoms with Gasteiger partial charge in [-0.05, 0) is 56.2 Å².